The first kappa shape index (κ1) is 29.6. The smallest absolute Gasteiger partial charge is 0.303 e. The van der Waals surface area contributed by atoms with E-state index in [4.69, 9.17) is 5.11 Å². The van der Waals surface area contributed by atoms with E-state index in [9.17, 15) is 4.79 Å². The van der Waals surface area contributed by atoms with Crippen LogP contribution in [0.5, 0.6) is 0 Å². The van der Waals surface area contributed by atoms with Crippen LogP contribution in [0.3, 0.4) is 0 Å². The standard InChI is InChI=1S/C38H46O2/c1-29-24-32-27-34-26-31(35-21-18-19-22-36(35)37(34)28-33(32)25-30(29)2)20-16-14-12-10-8-6-4-3-5-7-9-11-13-15-17-23-38(39)40/h3,5-6,8,18-19,21-22,24-28H,4,7,9-17,20,23H2,1-2H3,(H,39,40). The maximum atomic E-state index is 10.5. The number of benzene rings is 4. The van der Waals surface area contributed by atoms with Crippen LogP contribution in [0.2, 0.25) is 0 Å². The van der Waals surface area contributed by atoms with Crippen molar-refractivity contribution in [2.24, 2.45) is 0 Å². The van der Waals surface area contributed by atoms with E-state index >= 15 is 0 Å². The average molecular weight is 535 g/mol. The summed E-state index contributed by atoms with van der Waals surface area (Å²) in [6, 6.07) is 20.8. The van der Waals surface area contributed by atoms with Crippen LogP contribution in [-0.4, -0.2) is 11.1 Å². The summed E-state index contributed by atoms with van der Waals surface area (Å²) in [5, 5.41) is 16.8. The third kappa shape index (κ3) is 8.55. The van der Waals surface area contributed by atoms with Gasteiger partial charge >= 0.3 is 5.97 Å². The molecule has 0 saturated carbocycles. The van der Waals surface area contributed by atoms with Gasteiger partial charge in [0, 0.05) is 6.42 Å². The quantitative estimate of drug-likeness (QED) is 0.0671. The lowest BCUT2D eigenvalue weighted by atomic mass is 9.92. The molecular weight excluding hydrogens is 488 g/mol. The minimum Gasteiger partial charge on any atom is -0.481 e. The number of carbonyl (C=O) groups is 1. The van der Waals surface area contributed by atoms with E-state index < -0.39 is 5.97 Å². The van der Waals surface area contributed by atoms with E-state index in [1.54, 1.807) is 0 Å². The van der Waals surface area contributed by atoms with Crippen molar-refractivity contribution < 1.29 is 9.90 Å². The molecule has 0 saturated heterocycles. The van der Waals surface area contributed by atoms with Crippen molar-refractivity contribution in [1.82, 2.24) is 0 Å². The third-order valence-corrected chi connectivity index (χ3v) is 8.20. The second-order valence-corrected chi connectivity index (χ2v) is 11.4. The van der Waals surface area contributed by atoms with Crippen LogP contribution >= 0.6 is 0 Å². The molecule has 0 fully saturated rings. The average Bonchev–Trinajstić information content (AvgIpc) is 2.94. The Kier molecular flexibility index (Phi) is 11.4. The molecule has 2 nitrogen and oxygen atoms in total. The van der Waals surface area contributed by atoms with Crippen LogP contribution < -0.4 is 0 Å². The predicted octanol–water partition coefficient (Wildman–Crippen LogP) is 11.2. The molecule has 0 aliphatic carbocycles. The van der Waals surface area contributed by atoms with Crippen LogP contribution in [0, 0.1) is 13.8 Å². The molecule has 210 valence electrons. The Hall–Kier alpha value is -3.39. The van der Waals surface area contributed by atoms with Crippen LogP contribution in [0.15, 0.2) is 78.9 Å². The summed E-state index contributed by atoms with van der Waals surface area (Å²) in [7, 11) is 0. The number of hydrogen-bond donors (Lipinski definition) is 1. The maximum Gasteiger partial charge on any atom is 0.303 e. The first-order valence-corrected chi connectivity index (χ1v) is 15.4. The summed E-state index contributed by atoms with van der Waals surface area (Å²) in [6.45, 7) is 4.41. The summed E-state index contributed by atoms with van der Waals surface area (Å²) in [6.07, 6.45) is 23.1. The number of fused-ring (bicyclic) bond motifs is 4. The second-order valence-electron chi connectivity index (χ2n) is 11.4. The number of rotatable bonds is 16. The largest absolute Gasteiger partial charge is 0.481 e. The first-order valence-electron chi connectivity index (χ1n) is 15.4. The number of unbranched alkanes of at least 4 members (excludes halogenated alkanes) is 8. The highest BCUT2D eigenvalue weighted by molar-refractivity contribution is 6.13. The maximum absolute atomic E-state index is 10.5. The number of allylic oxidation sites excluding steroid dienone is 4. The van der Waals surface area contributed by atoms with Gasteiger partial charge in [0.15, 0.2) is 0 Å². The molecule has 0 heterocycles. The molecular formula is C38H46O2. The third-order valence-electron chi connectivity index (χ3n) is 8.20. The molecule has 0 radical (unpaired) electrons. The van der Waals surface area contributed by atoms with Crippen molar-refractivity contribution in [3.8, 4) is 0 Å². The lowest BCUT2D eigenvalue weighted by Crippen LogP contribution is -1.93. The van der Waals surface area contributed by atoms with E-state index in [1.165, 1.54) is 81.1 Å². The second kappa shape index (κ2) is 15.4. The van der Waals surface area contributed by atoms with Gasteiger partial charge in [-0.1, -0.05) is 92.5 Å². The zero-order valence-electron chi connectivity index (χ0n) is 24.6. The zero-order valence-corrected chi connectivity index (χ0v) is 24.6. The fourth-order valence-electron chi connectivity index (χ4n) is 5.75. The van der Waals surface area contributed by atoms with Crippen molar-refractivity contribution >= 4 is 38.3 Å². The number of aryl methyl sites for hydroxylation is 3. The van der Waals surface area contributed by atoms with Gasteiger partial charge in [-0.25, -0.2) is 0 Å². The van der Waals surface area contributed by atoms with Crippen molar-refractivity contribution in [2.75, 3.05) is 0 Å². The highest BCUT2D eigenvalue weighted by atomic mass is 16.4. The Morgan fingerprint density at radius 3 is 1.93 bits per heavy atom. The van der Waals surface area contributed by atoms with Gasteiger partial charge in [0.2, 0.25) is 0 Å². The molecule has 4 aromatic rings. The van der Waals surface area contributed by atoms with Crippen LogP contribution in [0.25, 0.3) is 32.3 Å². The van der Waals surface area contributed by atoms with Gasteiger partial charge < -0.3 is 5.11 Å². The number of aliphatic carboxylic acids is 1. The minimum absolute atomic E-state index is 0.311. The summed E-state index contributed by atoms with van der Waals surface area (Å²) >= 11 is 0. The summed E-state index contributed by atoms with van der Waals surface area (Å²) < 4.78 is 0. The van der Waals surface area contributed by atoms with E-state index in [1.807, 2.05) is 0 Å². The SMILES string of the molecule is Cc1cc2cc3cc(CCCCCC=CCC=CCCCCCCCC(=O)O)c4ccccc4c3cc2cc1C. The highest BCUT2D eigenvalue weighted by Crippen LogP contribution is 2.33. The van der Waals surface area contributed by atoms with E-state index in [0.29, 0.717) is 6.42 Å². The topological polar surface area (TPSA) is 37.3 Å². The summed E-state index contributed by atoms with van der Waals surface area (Å²) in [4.78, 5) is 10.5. The highest BCUT2D eigenvalue weighted by Gasteiger charge is 2.09. The Morgan fingerprint density at radius 1 is 0.625 bits per heavy atom. The Balaban J connectivity index is 1.20. The fraction of sp³-hybridized carbons (Fsp3) is 0.395. The van der Waals surface area contributed by atoms with E-state index in [-0.39, 0.29) is 0 Å². The Morgan fingerprint density at radius 2 is 1.23 bits per heavy atom. The summed E-state index contributed by atoms with van der Waals surface area (Å²) in [5.41, 5.74) is 4.19. The molecule has 0 aliphatic heterocycles. The Labute approximate surface area is 240 Å². The fourth-order valence-corrected chi connectivity index (χ4v) is 5.75. The molecule has 0 aliphatic rings. The van der Waals surface area contributed by atoms with Crippen LogP contribution in [0.4, 0.5) is 0 Å². The van der Waals surface area contributed by atoms with Gasteiger partial charge in [-0.05, 0) is 126 Å². The molecule has 4 aromatic carbocycles. The number of hydrogen-bond acceptors (Lipinski definition) is 1. The molecule has 4 rings (SSSR count). The molecule has 0 unspecified atom stereocenters. The molecule has 0 atom stereocenters. The van der Waals surface area contributed by atoms with Gasteiger partial charge in [-0.15, -0.1) is 0 Å². The monoisotopic (exact) mass is 534 g/mol. The minimum atomic E-state index is -0.676. The Bertz CT molecular complexity index is 1470. The van der Waals surface area contributed by atoms with Gasteiger partial charge in [0.25, 0.3) is 0 Å². The zero-order chi connectivity index (χ0) is 28.2. The molecule has 2 heteroatoms. The molecule has 0 amide bonds. The van der Waals surface area contributed by atoms with Crippen molar-refractivity contribution in [3.05, 3.63) is 95.6 Å². The lowest BCUT2D eigenvalue weighted by molar-refractivity contribution is -0.137. The molecule has 1 N–H and O–H groups in total. The van der Waals surface area contributed by atoms with Gasteiger partial charge in [-0.2, -0.15) is 0 Å². The molecule has 0 spiro atoms. The normalized spacial score (nSPS) is 12.1. The molecule has 0 aromatic heterocycles. The molecule has 0 bridgehead atoms. The first-order chi connectivity index (χ1) is 19.5. The molecule has 40 heavy (non-hydrogen) atoms. The lowest BCUT2D eigenvalue weighted by Gasteiger charge is -2.13. The predicted molar refractivity (Wildman–Crippen MR) is 173 cm³/mol. The van der Waals surface area contributed by atoms with Crippen molar-refractivity contribution in [2.45, 2.75) is 97.3 Å². The van der Waals surface area contributed by atoms with Crippen LogP contribution in [-0.2, 0) is 11.2 Å². The van der Waals surface area contributed by atoms with Crippen molar-refractivity contribution in [3.63, 3.8) is 0 Å². The number of carboxylic acid groups (broad SMARTS) is 1. The van der Waals surface area contributed by atoms with Gasteiger partial charge in [-0.3, -0.25) is 4.79 Å². The van der Waals surface area contributed by atoms with Crippen molar-refractivity contribution in [1.29, 1.82) is 0 Å². The van der Waals surface area contributed by atoms with E-state index in [2.05, 4.69) is 92.7 Å². The van der Waals surface area contributed by atoms with Crippen LogP contribution in [0.1, 0.15) is 93.7 Å². The van der Waals surface area contributed by atoms with Gasteiger partial charge in [0.1, 0.15) is 0 Å². The van der Waals surface area contributed by atoms with E-state index in [0.717, 1.165) is 44.9 Å². The number of carboxylic acids is 1. The summed E-state index contributed by atoms with van der Waals surface area (Å²) in [5.74, 6) is -0.676. The van der Waals surface area contributed by atoms with Gasteiger partial charge in [0.05, 0.1) is 0 Å².